The second kappa shape index (κ2) is 4.32. The van der Waals surface area contributed by atoms with Gasteiger partial charge in [-0.1, -0.05) is 15.9 Å². The maximum atomic E-state index is 13.0. The summed E-state index contributed by atoms with van der Waals surface area (Å²) in [5.41, 5.74) is 0.386. The van der Waals surface area contributed by atoms with Crippen molar-refractivity contribution in [2.45, 2.75) is 5.33 Å². The zero-order chi connectivity index (χ0) is 9.84. The van der Waals surface area contributed by atoms with E-state index in [4.69, 9.17) is 0 Å². The molecule has 1 heterocycles. The van der Waals surface area contributed by atoms with E-state index in [1.807, 2.05) is 0 Å². The van der Waals surface area contributed by atoms with E-state index in [0.29, 0.717) is 5.33 Å². The average Bonchev–Trinajstić information content (AvgIpc) is 2.16. The fourth-order valence-corrected chi connectivity index (χ4v) is 1.21. The fraction of sp³-hybridized carbons (Fsp3) is 0.250. The molecule has 0 bridgehead atoms. The van der Waals surface area contributed by atoms with E-state index in [1.54, 1.807) is 0 Å². The van der Waals surface area contributed by atoms with Gasteiger partial charge in [-0.25, -0.2) is 9.18 Å². The summed E-state index contributed by atoms with van der Waals surface area (Å²) in [5.74, 6) is -1.10. The van der Waals surface area contributed by atoms with Crippen molar-refractivity contribution in [1.82, 2.24) is 4.98 Å². The first kappa shape index (κ1) is 10.1. The zero-order valence-corrected chi connectivity index (χ0v) is 8.47. The monoisotopic (exact) mass is 247 g/mol. The number of pyridine rings is 1. The lowest BCUT2D eigenvalue weighted by atomic mass is 10.2. The molecule has 0 aliphatic heterocycles. The van der Waals surface area contributed by atoms with Gasteiger partial charge in [0.25, 0.3) is 0 Å². The van der Waals surface area contributed by atoms with Gasteiger partial charge in [0.2, 0.25) is 0 Å². The number of methoxy groups -OCH3 is 1. The highest BCUT2D eigenvalue weighted by Crippen LogP contribution is 2.10. The highest BCUT2D eigenvalue weighted by atomic mass is 79.9. The van der Waals surface area contributed by atoms with Gasteiger partial charge >= 0.3 is 5.97 Å². The number of ether oxygens (including phenoxy) is 1. The van der Waals surface area contributed by atoms with Crippen molar-refractivity contribution < 1.29 is 13.9 Å². The molecule has 0 amide bonds. The average molecular weight is 248 g/mol. The summed E-state index contributed by atoms with van der Waals surface area (Å²) in [5, 5.41) is 0.320. The number of esters is 1. The smallest absolute Gasteiger partial charge is 0.339 e. The predicted octanol–water partition coefficient (Wildman–Crippen LogP) is 1.90. The van der Waals surface area contributed by atoms with Crippen LogP contribution in [-0.2, 0) is 10.1 Å². The minimum atomic E-state index is -0.590. The van der Waals surface area contributed by atoms with Crippen molar-refractivity contribution in [3.05, 3.63) is 29.3 Å². The fourth-order valence-electron chi connectivity index (χ4n) is 0.794. The molecule has 0 aromatic carbocycles. The number of hydrogen-bond donors (Lipinski definition) is 0. The topological polar surface area (TPSA) is 39.2 Å². The molecule has 1 aromatic heterocycles. The summed E-state index contributed by atoms with van der Waals surface area (Å²) in [6.45, 7) is 0. The van der Waals surface area contributed by atoms with Gasteiger partial charge in [-0.05, 0) is 6.07 Å². The first-order valence-electron chi connectivity index (χ1n) is 3.47. The van der Waals surface area contributed by atoms with Crippen molar-refractivity contribution in [2.75, 3.05) is 7.11 Å². The van der Waals surface area contributed by atoms with E-state index in [9.17, 15) is 9.18 Å². The first-order valence-corrected chi connectivity index (χ1v) is 4.60. The molecule has 0 atom stereocenters. The van der Waals surface area contributed by atoms with Gasteiger partial charge in [0.1, 0.15) is 5.82 Å². The Bertz CT molecular complexity index is 330. The van der Waals surface area contributed by atoms with Crippen LogP contribution in [0.15, 0.2) is 12.3 Å². The second-order valence-corrected chi connectivity index (χ2v) is 2.84. The van der Waals surface area contributed by atoms with Crippen LogP contribution in [0.3, 0.4) is 0 Å². The van der Waals surface area contributed by atoms with E-state index >= 15 is 0 Å². The Kier molecular flexibility index (Phi) is 3.36. The van der Waals surface area contributed by atoms with Crippen LogP contribution in [0.1, 0.15) is 16.1 Å². The van der Waals surface area contributed by atoms with Crippen molar-refractivity contribution in [2.24, 2.45) is 0 Å². The van der Waals surface area contributed by atoms with E-state index in [1.165, 1.54) is 13.3 Å². The lowest BCUT2D eigenvalue weighted by Gasteiger charge is -2.00. The van der Waals surface area contributed by atoms with E-state index in [2.05, 4.69) is 25.7 Å². The Morgan fingerprint density at radius 2 is 2.46 bits per heavy atom. The van der Waals surface area contributed by atoms with Crippen molar-refractivity contribution in [3.63, 3.8) is 0 Å². The molecule has 0 aliphatic carbocycles. The van der Waals surface area contributed by atoms with Crippen LogP contribution >= 0.6 is 15.9 Å². The molecular weight excluding hydrogens is 241 g/mol. The van der Waals surface area contributed by atoms with Crippen LogP contribution in [0.5, 0.6) is 0 Å². The number of alkyl halides is 1. The van der Waals surface area contributed by atoms with Crippen molar-refractivity contribution >= 4 is 21.9 Å². The van der Waals surface area contributed by atoms with Gasteiger partial charge in [0.05, 0.1) is 18.4 Å². The Morgan fingerprint density at radius 1 is 1.77 bits per heavy atom. The highest BCUT2D eigenvalue weighted by Gasteiger charge is 2.09. The molecule has 0 unspecified atom stereocenters. The third-order valence-electron chi connectivity index (χ3n) is 1.47. The standard InChI is InChI=1S/C8H7BrFNO2/c1-13-8(12)5-2-6(10)7(3-9)11-4-5/h2,4H,3H2,1H3. The Hall–Kier alpha value is -0.970. The van der Waals surface area contributed by atoms with Crippen LogP contribution in [0.25, 0.3) is 0 Å². The summed E-state index contributed by atoms with van der Waals surface area (Å²) in [6, 6.07) is 1.11. The van der Waals surface area contributed by atoms with Gasteiger partial charge in [0.15, 0.2) is 0 Å². The molecule has 13 heavy (non-hydrogen) atoms. The van der Waals surface area contributed by atoms with Crippen LogP contribution in [0.2, 0.25) is 0 Å². The Labute approximate surface area is 83.1 Å². The molecule has 0 fully saturated rings. The number of nitrogens with zero attached hydrogens (tertiary/aromatic N) is 1. The molecular formula is C8H7BrFNO2. The number of rotatable bonds is 2. The molecule has 5 heteroatoms. The Balaban J connectivity index is 3.02. The second-order valence-electron chi connectivity index (χ2n) is 2.28. The minimum Gasteiger partial charge on any atom is -0.465 e. The van der Waals surface area contributed by atoms with Crippen LogP contribution in [0.4, 0.5) is 4.39 Å². The summed E-state index contributed by atoms with van der Waals surface area (Å²) in [4.78, 5) is 14.7. The molecule has 70 valence electrons. The van der Waals surface area contributed by atoms with Crippen molar-refractivity contribution in [3.8, 4) is 0 Å². The number of aromatic nitrogens is 1. The maximum absolute atomic E-state index is 13.0. The SMILES string of the molecule is COC(=O)c1cnc(CBr)c(F)c1. The molecule has 1 rings (SSSR count). The molecule has 0 saturated heterocycles. The molecule has 1 aromatic rings. The van der Waals surface area contributed by atoms with E-state index in [0.717, 1.165) is 6.07 Å². The van der Waals surface area contributed by atoms with Crippen LogP contribution in [-0.4, -0.2) is 18.1 Å². The van der Waals surface area contributed by atoms with Gasteiger partial charge in [-0.15, -0.1) is 0 Å². The maximum Gasteiger partial charge on any atom is 0.339 e. The molecule has 0 N–H and O–H groups in total. The summed E-state index contributed by atoms with van der Waals surface area (Å²) in [7, 11) is 1.23. The summed E-state index contributed by atoms with van der Waals surface area (Å²) < 4.78 is 17.5. The minimum absolute atomic E-state index is 0.115. The lowest BCUT2D eigenvalue weighted by Crippen LogP contribution is -2.04. The number of halogens is 2. The van der Waals surface area contributed by atoms with Crippen molar-refractivity contribution in [1.29, 1.82) is 0 Å². The molecule has 0 aliphatic rings. The van der Waals surface area contributed by atoms with E-state index in [-0.39, 0.29) is 11.3 Å². The quantitative estimate of drug-likeness (QED) is 0.592. The highest BCUT2D eigenvalue weighted by molar-refractivity contribution is 9.08. The molecule has 0 spiro atoms. The molecule has 3 nitrogen and oxygen atoms in total. The summed E-state index contributed by atoms with van der Waals surface area (Å²) >= 11 is 3.07. The number of carbonyl (C=O) groups excluding carboxylic acids is 1. The van der Waals surface area contributed by atoms with Crippen LogP contribution < -0.4 is 0 Å². The Morgan fingerprint density at radius 3 is 2.92 bits per heavy atom. The molecule has 0 radical (unpaired) electrons. The molecule has 0 saturated carbocycles. The summed E-state index contributed by atoms with van der Waals surface area (Å²) in [6.07, 6.45) is 1.28. The van der Waals surface area contributed by atoms with Gasteiger partial charge in [0, 0.05) is 11.5 Å². The van der Waals surface area contributed by atoms with Gasteiger partial charge < -0.3 is 4.74 Å². The predicted molar refractivity (Wildman–Crippen MR) is 48.2 cm³/mol. The van der Waals surface area contributed by atoms with Crippen LogP contribution in [0, 0.1) is 5.82 Å². The van der Waals surface area contributed by atoms with E-state index < -0.39 is 11.8 Å². The van der Waals surface area contributed by atoms with Gasteiger partial charge in [-0.3, -0.25) is 4.98 Å². The first-order chi connectivity index (χ1) is 6.19. The lowest BCUT2D eigenvalue weighted by molar-refractivity contribution is 0.0599. The normalized spacial score (nSPS) is 9.77. The largest absolute Gasteiger partial charge is 0.465 e. The third-order valence-corrected chi connectivity index (χ3v) is 2.00. The number of hydrogen-bond acceptors (Lipinski definition) is 3. The van der Waals surface area contributed by atoms with Gasteiger partial charge in [-0.2, -0.15) is 0 Å². The zero-order valence-electron chi connectivity index (χ0n) is 6.88. The third kappa shape index (κ3) is 2.24. The number of carbonyl (C=O) groups is 1.